The Morgan fingerprint density at radius 2 is 1.53 bits per heavy atom. The topological polar surface area (TPSA) is 59.6 Å². The normalized spacial score (nSPS) is 11.2. The first-order valence-electron chi connectivity index (χ1n) is 7.07. The molecule has 0 fully saturated rings. The molecule has 0 bridgehead atoms. The number of rotatable bonds is 15. The predicted octanol–water partition coefficient (Wildman–Crippen LogP) is 0.754. The summed E-state index contributed by atoms with van der Waals surface area (Å²) in [5, 5.41) is 6.56. The van der Waals surface area contributed by atoms with E-state index in [-0.39, 0.29) is 0 Å². The average Bonchev–Trinajstić information content (AvgIpc) is 2.43. The number of hydrogen-bond acceptors (Lipinski definition) is 5. The second-order valence-electron chi connectivity index (χ2n) is 4.06. The molecule has 112 valence electrons. The molecule has 0 spiro atoms. The van der Waals surface area contributed by atoms with E-state index in [0.717, 1.165) is 32.5 Å². The van der Waals surface area contributed by atoms with E-state index in [4.69, 9.17) is 9.47 Å². The van der Waals surface area contributed by atoms with E-state index in [2.05, 4.69) is 29.7 Å². The molecule has 5 nitrogen and oxygen atoms in total. The van der Waals surface area contributed by atoms with E-state index >= 15 is 0 Å². The lowest BCUT2D eigenvalue weighted by atomic mass is 10.4. The van der Waals surface area contributed by atoms with Crippen LogP contribution in [0.4, 0.5) is 0 Å². The fourth-order valence-electron chi connectivity index (χ4n) is 1.31. The molecule has 0 aromatic carbocycles. The Morgan fingerprint density at radius 3 is 2.16 bits per heavy atom. The molecule has 0 aliphatic heterocycles. The van der Waals surface area contributed by atoms with Crippen molar-refractivity contribution in [2.24, 2.45) is 0 Å². The van der Waals surface area contributed by atoms with E-state index in [9.17, 15) is 4.79 Å². The van der Waals surface area contributed by atoms with Crippen LogP contribution in [0.3, 0.4) is 0 Å². The number of carbonyl (C=O) groups excluding carboxylic acids is 1. The predicted molar refractivity (Wildman–Crippen MR) is 77.5 cm³/mol. The quantitative estimate of drug-likeness (QED) is 0.262. The minimum absolute atomic E-state index is 0.459. The van der Waals surface area contributed by atoms with Crippen molar-refractivity contribution < 1.29 is 14.3 Å². The van der Waals surface area contributed by atoms with Gasteiger partial charge in [-0.3, -0.25) is 0 Å². The van der Waals surface area contributed by atoms with Gasteiger partial charge in [-0.15, -0.1) is 0 Å². The van der Waals surface area contributed by atoms with Crippen LogP contribution < -0.4 is 10.6 Å². The molecule has 0 aliphatic rings. The molecule has 0 saturated carbocycles. The summed E-state index contributed by atoms with van der Waals surface area (Å²) in [7, 11) is 0. The third-order valence-electron chi connectivity index (χ3n) is 2.29. The first kappa shape index (κ1) is 18.2. The lowest BCUT2D eigenvalue weighted by molar-refractivity contribution is -0.108. The lowest BCUT2D eigenvalue weighted by Crippen LogP contribution is -2.21. The molecule has 0 radical (unpaired) electrons. The summed E-state index contributed by atoms with van der Waals surface area (Å²) in [6, 6.07) is 0. The highest BCUT2D eigenvalue weighted by molar-refractivity contribution is 5.49. The van der Waals surface area contributed by atoms with Gasteiger partial charge < -0.3 is 24.9 Å². The van der Waals surface area contributed by atoms with Crippen molar-refractivity contribution >= 4 is 6.29 Å². The maximum Gasteiger partial charge on any atom is 0.122 e. The van der Waals surface area contributed by atoms with Crippen LogP contribution in [0.2, 0.25) is 0 Å². The molecule has 0 rings (SSSR count). The van der Waals surface area contributed by atoms with E-state index in [1.165, 1.54) is 6.42 Å². The lowest BCUT2D eigenvalue weighted by Gasteiger charge is -2.05. The number of carbonyl (C=O) groups is 1. The summed E-state index contributed by atoms with van der Waals surface area (Å²) in [6.07, 6.45) is 6.73. The molecule has 2 N–H and O–H groups in total. The minimum atomic E-state index is 0.459. The van der Waals surface area contributed by atoms with E-state index in [1.807, 2.05) is 0 Å². The van der Waals surface area contributed by atoms with Gasteiger partial charge in [-0.25, -0.2) is 0 Å². The SMILES string of the molecule is CCCNCC=CCNCCOCCOCCC=O. The van der Waals surface area contributed by atoms with Crippen LogP contribution in [0.25, 0.3) is 0 Å². The van der Waals surface area contributed by atoms with Gasteiger partial charge in [0.25, 0.3) is 0 Å². The summed E-state index contributed by atoms with van der Waals surface area (Å²) in [4.78, 5) is 10.0. The van der Waals surface area contributed by atoms with Crippen molar-refractivity contribution in [2.75, 3.05) is 52.6 Å². The van der Waals surface area contributed by atoms with Gasteiger partial charge in [0.15, 0.2) is 0 Å². The van der Waals surface area contributed by atoms with Crippen molar-refractivity contribution in [2.45, 2.75) is 19.8 Å². The molecule has 0 heterocycles. The molecule has 0 aliphatic carbocycles. The summed E-state index contributed by atoms with van der Waals surface area (Å²) in [6.45, 7) is 8.17. The van der Waals surface area contributed by atoms with Crippen LogP contribution in [0.5, 0.6) is 0 Å². The zero-order valence-corrected chi connectivity index (χ0v) is 12.0. The fourth-order valence-corrected chi connectivity index (χ4v) is 1.31. The molecule has 0 aromatic rings. The van der Waals surface area contributed by atoms with E-state index in [1.54, 1.807) is 0 Å². The van der Waals surface area contributed by atoms with Gasteiger partial charge in [-0.2, -0.15) is 0 Å². The van der Waals surface area contributed by atoms with Crippen molar-refractivity contribution in [1.82, 2.24) is 10.6 Å². The van der Waals surface area contributed by atoms with Gasteiger partial charge in [-0.05, 0) is 13.0 Å². The standard InChI is InChI=1S/C14H28N2O3/c1-2-6-15-7-3-4-8-16-9-12-19-14-13-18-11-5-10-17/h3-4,10,15-16H,2,5-9,11-14H2,1H3. The second-order valence-corrected chi connectivity index (χ2v) is 4.06. The molecule has 0 saturated heterocycles. The zero-order chi connectivity index (χ0) is 14.0. The zero-order valence-electron chi connectivity index (χ0n) is 12.0. The highest BCUT2D eigenvalue weighted by Crippen LogP contribution is 1.80. The highest BCUT2D eigenvalue weighted by Gasteiger charge is 1.89. The Labute approximate surface area is 116 Å². The van der Waals surface area contributed by atoms with Crippen LogP contribution in [0, 0.1) is 0 Å². The van der Waals surface area contributed by atoms with Crippen molar-refractivity contribution in [3.05, 3.63) is 12.2 Å². The Bertz CT molecular complexity index is 211. The fraction of sp³-hybridized carbons (Fsp3) is 0.786. The second kappa shape index (κ2) is 17.2. The Morgan fingerprint density at radius 1 is 0.895 bits per heavy atom. The number of nitrogens with one attached hydrogen (secondary N) is 2. The van der Waals surface area contributed by atoms with Crippen LogP contribution in [0.1, 0.15) is 19.8 Å². The van der Waals surface area contributed by atoms with Gasteiger partial charge >= 0.3 is 0 Å². The molecule has 0 aromatic heterocycles. The summed E-state index contributed by atoms with van der Waals surface area (Å²) in [5.74, 6) is 0. The maximum absolute atomic E-state index is 10.0. The number of hydrogen-bond donors (Lipinski definition) is 2. The van der Waals surface area contributed by atoms with Crippen LogP contribution in [-0.2, 0) is 14.3 Å². The van der Waals surface area contributed by atoms with Gasteiger partial charge in [-0.1, -0.05) is 19.1 Å². The molecule has 0 unspecified atom stereocenters. The van der Waals surface area contributed by atoms with Crippen molar-refractivity contribution in [3.63, 3.8) is 0 Å². The first-order chi connectivity index (χ1) is 9.41. The monoisotopic (exact) mass is 272 g/mol. The average molecular weight is 272 g/mol. The summed E-state index contributed by atoms with van der Waals surface area (Å²) in [5.41, 5.74) is 0. The van der Waals surface area contributed by atoms with Crippen molar-refractivity contribution in [3.8, 4) is 0 Å². The number of aldehydes is 1. The maximum atomic E-state index is 10.0. The van der Waals surface area contributed by atoms with Gasteiger partial charge in [0.2, 0.25) is 0 Å². The molecular weight excluding hydrogens is 244 g/mol. The van der Waals surface area contributed by atoms with Crippen molar-refractivity contribution in [1.29, 1.82) is 0 Å². The van der Waals surface area contributed by atoms with Gasteiger partial charge in [0.05, 0.1) is 26.4 Å². The molecule has 5 heteroatoms. The summed E-state index contributed by atoms with van der Waals surface area (Å²) >= 11 is 0. The number of ether oxygens (including phenoxy) is 2. The van der Waals surface area contributed by atoms with E-state index in [0.29, 0.717) is 32.8 Å². The highest BCUT2D eigenvalue weighted by atomic mass is 16.5. The van der Waals surface area contributed by atoms with Gasteiger partial charge in [0.1, 0.15) is 6.29 Å². The smallest absolute Gasteiger partial charge is 0.122 e. The molecule has 0 amide bonds. The third kappa shape index (κ3) is 17.2. The largest absolute Gasteiger partial charge is 0.379 e. The molecular formula is C14H28N2O3. The van der Waals surface area contributed by atoms with Crippen LogP contribution in [0.15, 0.2) is 12.2 Å². The van der Waals surface area contributed by atoms with E-state index < -0.39 is 0 Å². The molecule has 19 heavy (non-hydrogen) atoms. The third-order valence-corrected chi connectivity index (χ3v) is 2.29. The first-order valence-corrected chi connectivity index (χ1v) is 7.07. The minimum Gasteiger partial charge on any atom is -0.379 e. The Balaban J connectivity index is 3.00. The Kier molecular flexibility index (Phi) is 16.6. The van der Waals surface area contributed by atoms with Crippen LogP contribution in [-0.4, -0.2) is 58.9 Å². The molecule has 0 atom stereocenters. The van der Waals surface area contributed by atoms with Crippen LogP contribution >= 0.6 is 0 Å². The van der Waals surface area contributed by atoms with Gasteiger partial charge in [0, 0.05) is 26.1 Å². The Hall–Kier alpha value is -0.750. The summed E-state index contributed by atoms with van der Waals surface area (Å²) < 4.78 is 10.5.